The molecule has 2 aromatic carbocycles. The molecule has 7 nitrogen and oxygen atoms in total. The van der Waals surface area contributed by atoms with Crippen LogP contribution >= 0.6 is 11.3 Å². The zero-order valence-corrected chi connectivity index (χ0v) is 19.0. The van der Waals surface area contributed by atoms with Gasteiger partial charge in [0.2, 0.25) is 16.0 Å². The highest BCUT2D eigenvalue weighted by Gasteiger charge is 2.27. The number of fused-ring (bicyclic) bond motifs is 1. The molecule has 0 aliphatic carbocycles. The first-order valence-corrected chi connectivity index (χ1v) is 11.7. The van der Waals surface area contributed by atoms with E-state index in [2.05, 4.69) is 20.3 Å². The van der Waals surface area contributed by atoms with E-state index in [4.69, 9.17) is 4.74 Å². The Bertz CT molecular complexity index is 1230. The Labute approximate surface area is 194 Å². The number of aromatic nitrogens is 3. The van der Waals surface area contributed by atoms with Crippen molar-refractivity contribution in [3.05, 3.63) is 66.1 Å². The molecule has 0 unspecified atom stereocenters. The first-order valence-electron chi connectivity index (χ1n) is 10.9. The molecule has 170 valence electrons. The van der Waals surface area contributed by atoms with Gasteiger partial charge in [0.05, 0.1) is 19.0 Å². The van der Waals surface area contributed by atoms with E-state index in [1.54, 1.807) is 23.8 Å². The molecule has 0 radical (unpaired) electrons. The molecular formula is C24H24FN5O2S. The Morgan fingerprint density at radius 1 is 1.18 bits per heavy atom. The van der Waals surface area contributed by atoms with Crippen LogP contribution in [-0.2, 0) is 11.3 Å². The van der Waals surface area contributed by atoms with Gasteiger partial charge in [0.25, 0.3) is 0 Å². The fraction of sp³-hybridized carbons (Fsp3) is 0.292. The summed E-state index contributed by atoms with van der Waals surface area (Å²) in [6, 6.07) is 14.0. The monoisotopic (exact) mass is 465 g/mol. The second kappa shape index (κ2) is 9.19. The molecule has 0 atom stereocenters. The van der Waals surface area contributed by atoms with Crippen molar-refractivity contribution in [2.75, 3.05) is 25.1 Å². The van der Waals surface area contributed by atoms with Gasteiger partial charge in [-0.2, -0.15) is 0 Å². The molecule has 1 fully saturated rings. The molecule has 33 heavy (non-hydrogen) atoms. The summed E-state index contributed by atoms with van der Waals surface area (Å²) in [6.45, 7) is 2.01. The van der Waals surface area contributed by atoms with Crippen LogP contribution in [0.25, 0.3) is 16.2 Å². The lowest BCUT2D eigenvalue weighted by molar-refractivity contribution is -0.125. The molecule has 3 heterocycles. The van der Waals surface area contributed by atoms with Crippen LogP contribution < -0.4 is 15.0 Å². The summed E-state index contributed by atoms with van der Waals surface area (Å²) in [5.41, 5.74) is 2.60. The molecule has 2 aromatic heterocycles. The van der Waals surface area contributed by atoms with Gasteiger partial charge < -0.3 is 15.0 Å². The Morgan fingerprint density at radius 3 is 2.67 bits per heavy atom. The second-order valence-corrected chi connectivity index (χ2v) is 8.97. The van der Waals surface area contributed by atoms with Crippen LogP contribution in [0.3, 0.4) is 0 Å². The zero-order valence-electron chi connectivity index (χ0n) is 18.2. The summed E-state index contributed by atoms with van der Waals surface area (Å²) in [7, 11) is 1.63. The van der Waals surface area contributed by atoms with E-state index in [1.165, 1.54) is 23.5 Å². The van der Waals surface area contributed by atoms with Crippen LogP contribution in [0, 0.1) is 11.7 Å². The van der Waals surface area contributed by atoms with Crippen LogP contribution in [0.2, 0.25) is 0 Å². The topological polar surface area (TPSA) is 71.8 Å². The lowest BCUT2D eigenvalue weighted by Crippen LogP contribution is -2.40. The Morgan fingerprint density at radius 2 is 1.94 bits per heavy atom. The number of amides is 1. The molecular weight excluding hydrogens is 441 g/mol. The van der Waals surface area contributed by atoms with Crippen molar-refractivity contribution in [1.82, 2.24) is 19.9 Å². The summed E-state index contributed by atoms with van der Waals surface area (Å²) in [6.07, 6.45) is 3.42. The van der Waals surface area contributed by atoms with Gasteiger partial charge in [0.15, 0.2) is 0 Å². The molecule has 4 aromatic rings. The van der Waals surface area contributed by atoms with E-state index in [0.29, 0.717) is 6.54 Å². The van der Waals surface area contributed by atoms with E-state index >= 15 is 0 Å². The fourth-order valence-corrected chi connectivity index (χ4v) is 5.02. The third kappa shape index (κ3) is 4.54. The van der Waals surface area contributed by atoms with Crippen molar-refractivity contribution in [3.8, 4) is 17.0 Å². The van der Waals surface area contributed by atoms with Gasteiger partial charge in [-0.05, 0) is 43.2 Å². The SMILES string of the molecule is COc1ccccc1CNC(=O)C1CCN(c2nn3cc(-c4ccc(F)cc4)nc3s2)CC1. The Kier molecular flexibility index (Phi) is 5.95. The number of nitrogens with zero attached hydrogens (tertiary/aromatic N) is 4. The van der Waals surface area contributed by atoms with E-state index < -0.39 is 0 Å². The predicted octanol–water partition coefficient (Wildman–Crippen LogP) is 4.14. The Hall–Kier alpha value is -3.46. The third-order valence-corrected chi connectivity index (χ3v) is 6.94. The Balaban J connectivity index is 1.18. The summed E-state index contributed by atoms with van der Waals surface area (Å²) >= 11 is 1.52. The number of carbonyl (C=O) groups excluding carboxylic acids is 1. The number of nitrogens with one attached hydrogen (secondary N) is 1. The minimum absolute atomic E-state index is 0.00918. The number of ether oxygens (including phenoxy) is 1. The van der Waals surface area contributed by atoms with Gasteiger partial charge in [-0.1, -0.05) is 29.5 Å². The fourth-order valence-electron chi connectivity index (χ4n) is 4.09. The molecule has 1 amide bonds. The zero-order chi connectivity index (χ0) is 22.8. The summed E-state index contributed by atoms with van der Waals surface area (Å²) in [5.74, 6) is 0.588. The lowest BCUT2D eigenvalue weighted by Gasteiger charge is -2.30. The first-order chi connectivity index (χ1) is 16.1. The number of anilines is 1. The summed E-state index contributed by atoms with van der Waals surface area (Å²) in [5, 5.41) is 8.63. The van der Waals surface area contributed by atoms with E-state index in [0.717, 1.165) is 58.6 Å². The van der Waals surface area contributed by atoms with E-state index in [1.807, 2.05) is 30.5 Å². The quantitative estimate of drug-likeness (QED) is 0.464. The smallest absolute Gasteiger partial charge is 0.223 e. The number of carbonyl (C=O) groups is 1. The molecule has 0 bridgehead atoms. The van der Waals surface area contributed by atoms with Gasteiger partial charge in [-0.15, -0.1) is 5.10 Å². The lowest BCUT2D eigenvalue weighted by atomic mass is 9.96. The molecule has 9 heteroatoms. The summed E-state index contributed by atoms with van der Waals surface area (Å²) < 4.78 is 20.3. The van der Waals surface area contributed by atoms with Crippen molar-refractivity contribution in [1.29, 1.82) is 0 Å². The number of hydrogen-bond donors (Lipinski definition) is 1. The molecule has 1 N–H and O–H groups in total. The molecule has 1 saturated heterocycles. The third-order valence-electron chi connectivity index (χ3n) is 5.95. The van der Waals surface area contributed by atoms with Gasteiger partial charge >= 0.3 is 0 Å². The maximum Gasteiger partial charge on any atom is 0.223 e. The highest BCUT2D eigenvalue weighted by atomic mass is 32.1. The number of rotatable bonds is 6. The maximum atomic E-state index is 13.2. The molecule has 5 rings (SSSR count). The highest BCUT2D eigenvalue weighted by Crippen LogP contribution is 2.30. The minimum atomic E-state index is -0.267. The second-order valence-electron chi connectivity index (χ2n) is 8.04. The average molecular weight is 466 g/mol. The molecule has 0 saturated carbocycles. The minimum Gasteiger partial charge on any atom is -0.496 e. The normalized spacial score (nSPS) is 14.5. The standard InChI is InChI=1S/C24H24FN5O2S/c1-32-21-5-3-2-4-18(21)14-26-22(31)17-10-12-29(13-11-17)24-28-30-15-20(27-23(30)33-24)16-6-8-19(25)9-7-16/h2-9,15,17H,10-14H2,1H3,(H,26,31). The van der Waals surface area contributed by atoms with Crippen molar-refractivity contribution in [2.45, 2.75) is 19.4 Å². The number of benzene rings is 2. The van der Waals surface area contributed by atoms with Crippen LogP contribution in [0.15, 0.2) is 54.7 Å². The van der Waals surface area contributed by atoms with Crippen LogP contribution in [0.1, 0.15) is 18.4 Å². The number of halogens is 1. The van der Waals surface area contributed by atoms with Crippen LogP contribution in [-0.4, -0.2) is 40.7 Å². The van der Waals surface area contributed by atoms with Crippen LogP contribution in [0.4, 0.5) is 9.52 Å². The largest absolute Gasteiger partial charge is 0.496 e. The molecule has 1 aliphatic rings. The average Bonchev–Trinajstić information content (AvgIpc) is 3.43. The number of para-hydroxylation sites is 1. The van der Waals surface area contributed by atoms with Gasteiger partial charge in [0, 0.05) is 36.7 Å². The summed E-state index contributed by atoms with van der Waals surface area (Å²) in [4.78, 5) is 20.3. The van der Waals surface area contributed by atoms with E-state index in [9.17, 15) is 9.18 Å². The van der Waals surface area contributed by atoms with Crippen molar-refractivity contribution >= 4 is 27.3 Å². The maximum absolute atomic E-state index is 13.2. The first kappa shape index (κ1) is 21.4. The number of piperidine rings is 1. The molecule has 0 spiro atoms. The van der Waals surface area contributed by atoms with Crippen molar-refractivity contribution in [3.63, 3.8) is 0 Å². The van der Waals surface area contributed by atoms with Crippen LogP contribution in [0.5, 0.6) is 5.75 Å². The van der Waals surface area contributed by atoms with Gasteiger partial charge in [-0.3, -0.25) is 4.79 Å². The van der Waals surface area contributed by atoms with Gasteiger partial charge in [-0.25, -0.2) is 13.9 Å². The van der Waals surface area contributed by atoms with Crippen molar-refractivity contribution < 1.29 is 13.9 Å². The number of methoxy groups -OCH3 is 1. The number of hydrogen-bond acceptors (Lipinski definition) is 6. The van der Waals surface area contributed by atoms with Gasteiger partial charge in [0.1, 0.15) is 11.6 Å². The number of imidazole rings is 1. The van der Waals surface area contributed by atoms with Crippen molar-refractivity contribution in [2.24, 2.45) is 5.92 Å². The van der Waals surface area contributed by atoms with E-state index in [-0.39, 0.29) is 17.6 Å². The molecule has 1 aliphatic heterocycles. The highest BCUT2D eigenvalue weighted by molar-refractivity contribution is 7.20. The predicted molar refractivity (Wildman–Crippen MR) is 126 cm³/mol.